The number of carbonyl (C=O) groups excluding carboxylic acids is 1. The van der Waals surface area contributed by atoms with Crippen LogP contribution in [0.3, 0.4) is 0 Å². The highest BCUT2D eigenvalue weighted by molar-refractivity contribution is 5.79. The lowest BCUT2D eigenvalue weighted by atomic mass is 9.91. The summed E-state index contributed by atoms with van der Waals surface area (Å²) < 4.78 is 0. The fourth-order valence-corrected chi connectivity index (χ4v) is 1.85. The molecule has 0 aliphatic carbocycles. The summed E-state index contributed by atoms with van der Waals surface area (Å²) >= 11 is 0. The van der Waals surface area contributed by atoms with E-state index in [0.717, 1.165) is 13.0 Å². The summed E-state index contributed by atoms with van der Waals surface area (Å²) in [6.45, 7) is 5.23. The van der Waals surface area contributed by atoms with Crippen LogP contribution in [0.25, 0.3) is 0 Å². The van der Waals surface area contributed by atoms with Gasteiger partial charge in [-0.05, 0) is 18.8 Å². The van der Waals surface area contributed by atoms with Crippen molar-refractivity contribution >= 4 is 5.91 Å². The van der Waals surface area contributed by atoms with E-state index >= 15 is 0 Å². The molecule has 12 heavy (non-hydrogen) atoms. The van der Waals surface area contributed by atoms with Gasteiger partial charge in [0.1, 0.15) is 0 Å². The number of hydrogen-bond donors (Lipinski definition) is 0. The highest BCUT2D eigenvalue weighted by Crippen LogP contribution is 2.23. The molecule has 70 valence electrons. The third-order valence-electron chi connectivity index (χ3n) is 2.76. The number of hydrogen-bond acceptors (Lipinski definition) is 1. The van der Waals surface area contributed by atoms with Crippen LogP contribution in [-0.2, 0) is 4.79 Å². The first-order valence-electron chi connectivity index (χ1n) is 4.88. The maximum Gasteiger partial charge on any atom is 0.225 e. The first kappa shape index (κ1) is 9.56. The van der Waals surface area contributed by atoms with Crippen LogP contribution in [0.4, 0.5) is 0 Å². The molecule has 1 heterocycles. The summed E-state index contributed by atoms with van der Waals surface area (Å²) in [7, 11) is 1.92. The molecule has 1 saturated heterocycles. The summed E-state index contributed by atoms with van der Waals surface area (Å²) in [5.41, 5.74) is 0. The van der Waals surface area contributed by atoms with E-state index in [4.69, 9.17) is 0 Å². The van der Waals surface area contributed by atoms with E-state index in [1.54, 1.807) is 0 Å². The van der Waals surface area contributed by atoms with Crippen LogP contribution in [0.15, 0.2) is 0 Å². The van der Waals surface area contributed by atoms with Gasteiger partial charge in [-0.25, -0.2) is 0 Å². The Bertz CT molecular complexity index is 165. The van der Waals surface area contributed by atoms with Gasteiger partial charge in [0.15, 0.2) is 0 Å². The zero-order valence-corrected chi connectivity index (χ0v) is 8.34. The summed E-state index contributed by atoms with van der Waals surface area (Å²) in [6.07, 6.45) is 3.46. The second-order valence-electron chi connectivity index (χ2n) is 4.11. The van der Waals surface area contributed by atoms with Gasteiger partial charge < -0.3 is 4.90 Å². The largest absolute Gasteiger partial charge is 0.346 e. The van der Waals surface area contributed by atoms with Crippen molar-refractivity contribution in [2.45, 2.75) is 33.1 Å². The van der Waals surface area contributed by atoms with E-state index in [-0.39, 0.29) is 5.92 Å². The lowest BCUT2D eigenvalue weighted by molar-refractivity contribution is -0.134. The highest BCUT2D eigenvalue weighted by Gasteiger charge is 2.26. The van der Waals surface area contributed by atoms with Crippen LogP contribution in [0.5, 0.6) is 0 Å². The van der Waals surface area contributed by atoms with E-state index in [0.29, 0.717) is 11.8 Å². The number of carbonyl (C=O) groups is 1. The number of rotatable bonds is 1. The maximum absolute atomic E-state index is 11.7. The molecule has 0 radical (unpaired) electrons. The van der Waals surface area contributed by atoms with Gasteiger partial charge >= 0.3 is 0 Å². The average Bonchev–Trinajstić information content (AvgIpc) is 2.15. The zero-order valence-electron chi connectivity index (χ0n) is 8.34. The summed E-state index contributed by atoms with van der Waals surface area (Å²) in [5, 5.41) is 0. The van der Waals surface area contributed by atoms with Crippen molar-refractivity contribution in [3.63, 3.8) is 0 Å². The maximum atomic E-state index is 11.7. The van der Waals surface area contributed by atoms with Gasteiger partial charge in [0, 0.05) is 19.5 Å². The molecular formula is C10H19NO. The fraction of sp³-hybridized carbons (Fsp3) is 0.900. The molecule has 0 saturated carbocycles. The van der Waals surface area contributed by atoms with E-state index in [1.165, 1.54) is 12.8 Å². The predicted octanol–water partition coefficient (Wildman–Crippen LogP) is 1.90. The van der Waals surface area contributed by atoms with Crippen LogP contribution < -0.4 is 0 Å². The smallest absolute Gasteiger partial charge is 0.225 e. The summed E-state index contributed by atoms with van der Waals surface area (Å²) in [4.78, 5) is 13.6. The molecular weight excluding hydrogens is 150 g/mol. The Morgan fingerprint density at radius 3 is 2.67 bits per heavy atom. The monoisotopic (exact) mass is 169 g/mol. The molecule has 0 aromatic heterocycles. The van der Waals surface area contributed by atoms with Gasteiger partial charge in [-0.2, -0.15) is 0 Å². The Hall–Kier alpha value is -0.530. The minimum absolute atomic E-state index is 0.275. The van der Waals surface area contributed by atoms with Crippen molar-refractivity contribution in [2.24, 2.45) is 11.8 Å². The molecule has 1 amide bonds. The molecule has 1 atom stereocenters. The molecule has 0 N–H and O–H groups in total. The third kappa shape index (κ3) is 1.99. The van der Waals surface area contributed by atoms with Gasteiger partial charge in [0.05, 0.1) is 0 Å². The SMILES string of the molecule is CC(C)C1CCCCN(C)C1=O. The number of nitrogens with zero attached hydrogens (tertiary/aromatic N) is 1. The van der Waals surface area contributed by atoms with Crippen molar-refractivity contribution in [3.05, 3.63) is 0 Å². The molecule has 2 nitrogen and oxygen atoms in total. The highest BCUT2D eigenvalue weighted by atomic mass is 16.2. The first-order chi connectivity index (χ1) is 5.63. The minimum atomic E-state index is 0.275. The Kier molecular flexibility index (Phi) is 3.12. The van der Waals surface area contributed by atoms with E-state index in [9.17, 15) is 4.79 Å². The summed E-state index contributed by atoms with van der Waals surface area (Å²) in [5.74, 6) is 1.12. The molecule has 0 aromatic carbocycles. The Morgan fingerprint density at radius 2 is 2.08 bits per heavy atom. The van der Waals surface area contributed by atoms with Gasteiger partial charge in [-0.3, -0.25) is 4.79 Å². The minimum Gasteiger partial charge on any atom is -0.346 e. The van der Waals surface area contributed by atoms with Crippen molar-refractivity contribution in [3.8, 4) is 0 Å². The standard InChI is InChI=1S/C10H19NO/c1-8(2)9-6-4-5-7-11(3)10(9)12/h8-9H,4-7H2,1-3H3. The van der Waals surface area contributed by atoms with Crippen LogP contribution in [0.2, 0.25) is 0 Å². The number of amides is 1. The van der Waals surface area contributed by atoms with Gasteiger partial charge in [-0.15, -0.1) is 0 Å². The van der Waals surface area contributed by atoms with Crippen molar-refractivity contribution < 1.29 is 4.79 Å². The molecule has 1 fully saturated rings. The van der Waals surface area contributed by atoms with Crippen LogP contribution in [-0.4, -0.2) is 24.4 Å². The van der Waals surface area contributed by atoms with Crippen LogP contribution >= 0.6 is 0 Å². The van der Waals surface area contributed by atoms with Gasteiger partial charge in [-0.1, -0.05) is 20.3 Å². The predicted molar refractivity (Wildman–Crippen MR) is 49.8 cm³/mol. The Morgan fingerprint density at radius 1 is 1.42 bits per heavy atom. The molecule has 1 aliphatic heterocycles. The van der Waals surface area contributed by atoms with E-state index in [1.807, 2.05) is 11.9 Å². The molecule has 2 heteroatoms. The molecule has 0 bridgehead atoms. The molecule has 1 unspecified atom stereocenters. The Balaban J connectivity index is 2.64. The second-order valence-corrected chi connectivity index (χ2v) is 4.11. The van der Waals surface area contributed by atoms with Crippen molar-refractivity contribution in [1.29, 1.82) is 0 Å². The third-order valence-corrected chi connectivity index (χ3v) is 2.76. The fourth-order valence-electron chi connectivity index (χ4n) is 1.85. The van der Waals surface area contributed by atoms with Gasteiger partial charge in [0.2, 0.25) is 5.91 Å². The first-order valence-corrected chi connectivity index (χ1v) is 4.88. The lowest BCUT2D eigenvalue weighted by Gasteiger charge is -2.22. The number of likely N-dealkylation sites (tertiary alicyclic amines) is 1. The van der Waals surface area contributed by atoms with Gasteiger partial charge in [0.25, 0.3) is 0 Å². The quantitative estimate of drug-likeness (QED) is 0.587. The molecule has 1 rings (SSSR count). The van der Waals surface area contributed by atoms with E-state index < -0.39 is 0 Å². The van der Waals surface area contributed by atoms with Crippen molar-refractivity contribution in [1.82, 2.24) is 4.90 Å². The average molecular weight is 169 g/mol. The van der Waals surface area contributed by atoms with Crippen molar-refractivity contribution in [2.75, 3.05) is 13.6 Å². The molecule has 1 aliphatic rings. The topological polar surface area (TPSA) is 20.3 Å². The van der Waals surface area contributed by atoms with Crippen LogP contribution in [0, 0.1) is 11.8 Å². The normalized spacial score (nSPS) is 26.2. The summed E-state index contributed by atoms with van der Waals surface area (Å²) in [6, 6.07) is 0. The Labute approximate surface area is 74.9 Å². The molecule has 0 aromatic rings. The second kappa shape index (κ2) is 3.92. The zero-order chi connectivity index (χ0) is 9.14. The lowest BCUT2D eigenvalue weighted by Crippen LogP contribution is -2.33. The molecule has 0 spiro atoms. The van der Waals surface area contributed by atoms with E-state index in [2.05, 4.69) is 13.8 Å². The van der Waals surface area contributed by atoms with Crippen LogP contribution in [0.1, 0.15) is 33.1 Å².